The standard InChI is InChI=1S/C23H14N2O3/c26-22(18-12-24-11-10-16(18)23(27)28)25-19-9-7-15-5-4-13-2-1-3-14-6-8-17(19)21(15)20(13)14/h1-12H,(H,25,26)(H,27,28). The van der Waals surface area contributed by atoms with Crippen molar-refractivity contribution in [3.05, 3.63) is 84.2 Å². The van der Waals surface area contributed by atoms with Gasteiger partial charge in [-0.2, -0.15) is 0 Å². The van der Waals surface area contributed by atoms with Crippen molar-refractivity contribution < 1.29 is 14.7 Å². The van der Waals surface area contributed by atoms with Crippen LogP contribution in [0.15, 0.2) is 73.1 Å². The summed E-state index contributed by atoms with van der Waals surface area (Å²) in [5.74, 6) is -1.66. The van der Waals surface area contributed by atoms with Crippen molar-refractivity contribution in [3.63, 3.8) is 0 Å². The Kier molecular flexibility index (Phi) is 3.49. The summed E-state index contributed by atoms with van der Waals surface area (Å²) in [6.07, 6.45) is 2.63. The first kappa shape index (κ1) is 16.2. The lowest BCUT2D eigenvalue weighted by atomic mass is 9.93. The summed E-state index contributed by atoms with van der Waals surface area (Å²) in [5.41, 5.74) is 0.585. The molecule has 0 saturated heterocycles. The van der Waals surface area contributed by atoms with Gasteiger partial charge in [0.1, 0.15) is 0 Å². The largest absolute Gasteiger partial charge is 0.478 e. The van der Waals surface area contributed by atoms with Gasteiger partial charge in [0.25, 0.3) is 5.91 Å². The number of nitrogens with zero attached hydrogens (tertiary/aromatic N) is 1. The molecule has 0 saturated carbocycles. The molecule has 0 aliphatic heterocycles. The van der Waals surface area contributed by atoms with Crippen molar-refractivity contribution in [3.8, 4) is 0 Å². The van der Waals surface area contributed by atoms with Gasteiger partial charge >= 0.3 is 5.97 Å². The monoisotopic (exact) mass is 366 g/mol. The first-order chi connectivity index (χ1) is 13.6. The fraction of sp³-hybridized carbons (Fsp3) is 0. The van der Waals surface area contributed by atoms with E-state index in [-0.39, 0.29) is 11.1 Å². The summed E-state index contributed by atoms with van der Waals surface area (Å²) >= 11 is 0. The Hall–Kier alpha value is -3.99. The van der Waals surface area contributed by atoms with Crippen LogP contribution in [-0.4, -0.2) is 22.0 Å². The zero-order chi connectivity index (χ0) is 19.3. The number of anilines is 1. The number of aromatic nitrogens is 1. The highest BCUT2D eigenvalue weighted by molar-refractivity contribution is 6.26. The lowest BCUT2D eigenvalue weighted by Crippen LogP contribution is -2.17. The molecule has 1 aromatic heterocycles. The number of aromatic carboxylic acids is 1. The minimum atomic E-state index is -1.16. The molecule has 1 amide bonds. The van der Waals surface area contributed by atoms with Crippen LogP contribution < -0.4 is 5.32 Å². The molecule has 0 spiro atoms. The molecule has 0 aliphatic carbocycles. The molecule has 1 heterocycles. The molecule has 0 radical (unpaired) electrons. The van der Waals surface area contributed by atoms with E-state index in [9.17, 15) is 14.7 Å². The highest BCUT2D eigenvalue weighted by Crippen LogP contribution is 2.37. The van der Waals surface area contributed by atoms with Gasteiger partial charge in [0.15, 0.2) is 0 Å². The summed E-state index contributed by atoms with van der Waals surface area (Å²) in [4.78, 5) is 28.1. The summed E-state index contributed by atoms with van der Waals surface area (Å²) in [6, 6.07) is 19.5. The number of pyridine rings is 1. The first-order valence-corrected chi connectivity index (χ1v) is 8.79. The average Bonchev–Trinajstić information content (AvgIpc) is 2.73. The minimum absolute atomic E-state index is 0.0284. The molecular weight excluding hydrogens is 352 g/mol. The zero-order valence-electron chi connectivity index (χ0n) is 14.6. The summed E-state index contributed by atoms with van der Waals surface area (Å²) in [7, 11) is 0. The van der Waals surface area contributed by atoms with Crippen LogP contribution in [0.3, 0.4) is 0 Å². The Morgan fingerprint density at radius 1 is 0.786 bits per heavy atom. The predicted molar refractivity (Wildman–Crippen MR) is 109 cm³/mol. The fourth-order valence-electron chi connectivity index (χ4n) is 3.80. The molecule has 0 aliphatic rings. The molecule has 5 nitrogen and oxygen atoms in total. The van der Waals surface area contributed by atoms with Gasteiger partial charge in [-0.3, -0.25) is 9.78 Å². The van der Waals surface area contributed by atoms with Crippen LogP contribution in [-0.2, 0) is 0 Å². The summed E-state index contributed by atoms with van der Waals surface area (Å²) in [5, 5.41) is 18.7. The number of hydrogen-bond acceptors (Lipinski definition) is 3. The second-order valence-corrected chi connectivity index (χ2v) is 6.65. The number of benzene rings is 4. The molecule has 2 N–H and O–H groups in total. The van der Waals surface area contributed by atoms with E-state index in [1.807, 2.05) is 30.3 Å². The highest BCUT2D eigenvalue weighted by atomic mass is 16.4. The van der Waals surface area contributed by atoms with Crippen LogP contribution in [0.5, 0.6) is 0 Å². The number of carboxylic acid groups (broad SMARTS) is 1. The Labute approximate surface area is 159 Å². The molecule has 4 aromatic carbocycles. The van der Waals surface area contributed by atoms with Crippen LogP contribution in [0.25, 0.3) is 32.3 Å². The number of nitrogens with one attached hydrogen (secondary N) is 1. The molecule has 5 aromatic rings. The summed E-state index contributed by atoms with van der Waals surface area (Å²) in [6.45, 7) is 0. The van der Waals surface area contributed by atoms with Crippen molar-refractivity contribution in [2.75, 3.05) is 5.32 Å². The van der Waals surface area contributed by atoms with E-state index < -0.39 is 11.9 Å². The Bertz CT molecular complexity index is 1380. The number of carbonyl (C=O) groups excluding carboxylic acids is 1. The van der Waals surface area contributed by atoms with Crippen LogP contribution in [0.2, 0.25) is 0 Å². The third-order valence-electron chi connectivity index (χ3n) is 5.07. The molecular formula is C23H14N2O3. The molecule has 28 heavy (non-hydrogen) atoms. The van der Waals surface area contributed by atoms with E-state index in [4.69, 9.17) is 0 Å². The molecule has 0 atom stereocenters. The number of amides is 1. The van der Waals surface area contributed by atoms with Gasteiger partial charge in [0, 0.05) is 23.5 Å². The Balaban J connectivity index is 1.68. The predicted octanol–water partition coefficient (Wildman–Crippen LogP) is 4.93. The Morgan fingerprint density at radius 3 is 2.21 bits per heavy atom. The zero-order valence-corrected chi connectivity index (χ0v) is 14.6. The quantitative estimate of drug-likeness (QED) is 0.444. The van der Waals surface area contributed by atoms with Gasteiger partial charge in [-0.05, 0) is 39.1 Å². The smallest absolute Gasteiger partial charge is 0.336 e. The van der Waals surface area contributed by atoms with Gasteiger partial charge in [-0.25, -0.2) is 4.79 Å². The maximum absolute atomic E-state index is 12.8. The van der Waals surface area contributed by atoms with Crippen molar-refractivity contribution in [1.82, 2.24) is 4.98 Å². The van der Waals surface area contributed by atoms with Gasteiger partial charge in [-0.15, -0.1) is 0 Å². The number of carboxylic acids is 1. The second-order valence-electron chi connectivity index (χ2n) is 6.65. The number of rotatable bonds is 3. The van der Waals surface area contributed by atoms with E-state index in [1.54, 1.807) is 0 Å². The van der Waals surface area contributed by atoms with Crippen molar-refractivity contribution in [2.24, 2.45) is 0 Å². The van der Waals surface area contributed by atoms with Crippen LogP contribution in [0.4, 0.5) is 5.69 Å². The van der Waals surface area contributed by atoms with Crippen molar-refractivity contribution in [2.45, 2.75) is 0 Å². The van der Waals surface area contributed by atoms with E-state index in [0.29, 0.717) is 5.69 Å². The molecule has 5 heteroatoms. The van der Waals surface area contributed by atoms with E-state index in [2.05, 4.69) is 34.6 Å². The molecule has 5 rings (SSSR count). The van der Waals surface area contributed by atoms with Gasteiger partial charge in [0.05, 0.1) is 11.1 Å². The van der Waals surface area contributed by atoms with E-state index in [1.165, 1.54) is 18.5 Å². The summed E-state index contributed by atoms with van der Waals surface area (Å²) < 4.78 is 0. The van der Waals surface area contributed by atoms with Crippen LogP contribution >= 0.6 is 0 Å². The highest BCUT2D eigenvalue weighted by Gasteiger charge is 2.18. The van der Waals surface area contributed by atoms with Crippen molar-refractivity contribution in [1.29, 1.82) is 0 Å². The maximum atomic E-state index is 12.8. The average molecular weight is 366 g/mol. The maximum Gasteiger partial charge on any atom is 0.336 e. The second kappa shape index (κ2) is 6.03. The first-order valence-electron chi connectivity index (χ1n) is 8.79. The van der Waals surface area contributed by atoms with E-state index >= 15 is 0 Å². The third-order valence-corrected chi connectivity index (χ3v) is 5.07. The normalized spacial score (nSPS) is 11.3. The molecule has 134 valence electrons. The lowest BCUT2D eigenvalue weighted by Gasteiger charge is -2.15. The van der Waals surface area contributed by atoms with Crippen LogP contribution in [0.1, 0.15) is 20.7 Å². The molecule has 0 bridgehead atoms. The lowest BCUT2D eigenvalue weighted by molar-refractivity contribution is 0.0692. The minimum Gasteiger partial charge on any atom is -0.478 e. The van der Waals surface area contributed by atoms with E-state index in [0.717, 1.165) is 32.3 Å². The fourth-order valence-corrected chi connectivity index (χ4v) is 3.80. The van der Waals surface area contributed by atoms with Gasteiger partial charge in [-0.1, -0.05) is 48.5 Å². The van der Waals surface area contributed by atoms with Crippen molar-refractivity contribution >= 4 is 49.9 Å². The third kappa shape index (κ3) is 2.37. The topological polar surface area (TPSA) is 79.3 Å². The van der Waals surface area contributed by atoms with Crippen LogP contribution in [0, 0.1) is 0 Å². The Morgan fingerprint density at radius 2 is 1.46 bits per heavy atom. The molecule has 0 fully saturated rings. The number of hydrogen-bond donors (Lipinski definition) is 2. The van der Waals surface area contributed by atoms with Gasteiger partial charge in [0.2, 0.25) is 0 Å². The SMILES string of the molecule is O=C(O)c1ccncc1C(=O)Nc1ccc2ccc3cccc4ccc1c2c34. The molecule has 0 unspecified atom stereocenters. The van der Waals surface area contributed by atoms with Gasteiger partial charge < -0.3 is 10.4 Å². The number of carbonyl (C=O) groups is 2.